The van der Waals surface area contributed by atoms with Crippen molar-refractivity contribution in [3.05, 3.63) is 28.8 Å². The highest BCUT2D eigenvalue weighted by Crippen LogP contribution is 2.22. The van der Waals surface area contributed by atoms with Gasteiger partial charge >= 0.3 is 0 Å². The van der Waals surface area contributed by atoms with Crippen LogP contribution in [0.15, 0.2) is 18.2 Å². The predicted octanol–water partition coefficient (Wildman–Crippen LogP) is 2.42. The maximum absolute atomic E-state index is 6.09. The van der Waals surface area contributed by atoms with Crippen molar-refractivity contribution in [3.63, 3.8) is 0 Å². The summed E-state index contributed by atoms with van der Waals surface area (Å²) < 4.78 is 5.32. The van der Waals surface area contributed by atoms with E-state index in [0.29, 0.717) is 15.9 Å². The van der Waals surface area contributed by atoms with E-state index in [1.54, 1.807) is 0 Å². The number of anilines is 1. The van der Waals surface area contributed by atoms with Crippen LogP contribution in [0.3, 0.4) is 0 Å². The maximum atomic E-state index is 6.09. The normalized spacial score (nSPS) is 19.2. The average molecular weight is 271 g/mol. The van der Waals surface area contributed by atoms with E-state index in [9.17, 15) is 0 Å². The smallest absolute Gasteiger partial charge is 0.105 e. The van der Waals surface area contributed by atoms with Crippen LogP contribution in [0, 0.1) is 5.92 Å². The first-order chi connectivity index (χ1) is 8.16. The van der Waals surface area contributed by atoms with Crippen LogP contribution in [-0.4, -0.2) is 24.7 Å². The molecule has 0 spiro atoms. The van der Waals surface area contributed by atoms with Gasteiger partial charge in [-0.3, -0.25) is 0 Å². The van der Waals surface area contributed by atoms with Crippen molar-refractivity contribution < 1.29 is 4.74 Å². The van der Waals surface area contributed by atoms with Crippen molar-refractivity contribution >= 4 is 34.5 Å². The molecule has 0 aliphatic carbocycles. The molecule has 1 aliphatic heterocycles. The zero-order valence-corrected chi connectivity index (χ0v) is 11.0. The first-order valence-corrected chi connectivity index (χ1v) is 6.36. The van der Waals surface area contributed by atoms with Gasteiger partial charge in [0, 0.05) is 30.3 Å². The molecule has 1 fully saturated rings. The highest BCUT2D eigenvalue weighted by atomic mass is 35.5. The molecule has 3 N–H and O–H groups in total. The number of benzene rings is 1. The summed E-state index contributed by atoms with van der Waals surface area (Å²) in [6.45, 7) is 2.61. The molecule has 2 rings (SSSR count). The number of thiocarbonyl (C=S) groups is 1. The number of nitrogens with one attached hydrogen (secondary N) is 1. The van der Waals surface area contributed by atoms with Gasteiger partial charge < -0.3 is 15.8 Å². The molecule has 3 nitrogen and oxygen atoms in total. The summed E-state index contributed by atoms with van der Waals surface area (Å²) in [7, 11) is 0. The van der Waals surface area contributed by atoms with Gasteiger partial charge in [-0.15, -0.1) is 0 Å². The maximum Gasteiger partial charge on any atom is 0.105 e. The van der Waals surface area contributed by atoms with Gasteiger partial charge in [-0.2, -0.15) is 0 Å². The molecule has 1 aromatic carbocycles. The number of hydrogen-bond donors (Lipinski definition) is 2. The van der Waals surface area contributed by atoms with Crippen molar-refractivity contribution in [3.8, 4) is 0 Å². The molecule has 1 aromatic rings. The number of rotatable bonds is 4. The zero-order valence-electron chi connectivity index (χ0n) is 9.41. The lowest BCUT2D eigenvalue weighted by Gasteiger charge is -2.12. The van der Waals surface area contributed by atoms with Crippen molar-refractivity contribution in [1.29, 1.82) is 0 Å². The lowest BCUT2D eigenvalue weighted by molar-refractivity contribution is 0.187. The molecule has 17 heavy (non-hydrogen) atoms. The van der Waals surface area contributed by atoms with E-state index < -0.39 is 0 Å². The Labute approximate surface area is 111 Å². The molecular formula is C12H15ClN2OS. The Kier molecular flexibility index (Phi) is 4.20. The van der Waals surface area contributed by atoms with Crippen molar-refractivity contribution in [2.24, 2.45) is 11.7 Å². The molecule has 0 aromatic heterocycles. The summed E-state index contributed by atoms with van der Waals surface area (Å²) in [5.74, 6) is 0.587. The molecule has 0 bridgehead atoms. The Hall–Kier alpha value is -0.840. The van der Waals surface area contributed by atoms with E-state index in [1.807, 2.05) is 18.2 Å². The zero-order chi connectivity index (χ0) is 12.3. The molecule has 0 radical (unpaired) electrons. The van der Waals surface area contributed by atoms with Crippen LogP contribution in [-0.2, 0) is 4.74 Å². The van der Waals surface area contributed by atoms with Gasteiger partial charge in [0.05, 0.1) is 11.6 Å². The molecule has 1 saturated heterocycles. The van der Waals surface area contributed by atoms with Crippen molar-refractivity contribution in [1.82, 2.24) is 0 Å². The van der Waals surface area contributed by atoms with Crippen LogP contribution in [0.2, 0.25) is 5.02 Å². The average Bonchev–Trinajstić information content (AvgIpc) is 2.78. The molecular weight excluding hydrogens is 256 g/mol. The molecule has 1 aliphatic rings. The number of ether oxygens (including phenoxy) is 1. The standard InChI is InChI=1S/C12H15ClN2OS/c13-11-5-9(1-2-10(11)12(14)17)15-6-8-3-4-16-7-8/h1-2,5,8,15H,3-4,6-7H2,(H2,14,17). The molecule has 0 saturated carbocycles. The Balaban J connectivity index is 1.97. The summed E-state index contributed by atoms with van der Waals surface area (Å²) in [4.78, 5) is 0.325. The van der Waals surface area contributed by atoms with E-state index >= 15 is 0 Å². The van der Waals surface area contributed by atoms with Gasteiger partial charge in [0.2, 0.25) is 0 Å². The fraction of sp³-hybridized carbons (Fsp3) is 0.417. The molecule has 1 unspecified atom stereocenters. The number of hydrogen-bond acceptors (Lipinski definition) is 3. The molecule has 1 heterocycles. The lowest BCUT2D eigenvalue weighted by atomic mass is 10.1. The summed E-state index contributed by atoms with van der Waals surface area (Å²) in [6.07, 6.45) is 1.12. The molecule has 0 amide bonds. The highest BCUT2D eigenvalue weighted by molar-refractivity contribution is 7.80. The minimum Gasteiger partial charge on any atom is -0.389 e. The SMILES string of the molecule is NC(=S)c1ccc(NCC2CCOC2)cc1Cl. The van der Waals surface area contributed by atoms with E-state index in [0.717, 1.165) is 37.4 Å². The summed E-state index contributed by atoms with van der Waals surface area (Å²) in [5.41, 5.74) is 7.25. The van der Waals surface area contributed by atoms with E-state index in [4.69, 9.17) is 34.3 Å². The Morgan fingerprint density at radius 2 is 2.41 bits per heavy atom. The highest BCUT2D eigenvalue weighted by Gasteiger charge is 2.15. The minimum atomic E-state index is 0.325. The minimum absolute atomic E-state index is 0.325. The monoisotopic (exact) mass is 270 g/mol. The van der Waals surface area contributed by atoms with Crippen molar-refractivity contribution in [2.45, 2.75) is 6.42 Å². The number of halogens is 1. The molecule has 5 heteroatoms. The molecule has 1 atom stereocenters. The second-order valence-corrected chi connectivity index (χ2v) is 5.02. The van der Waals surface area contributed by atoms with Gasteiger partial charge in [0.15, 0.2) is 0 Å². The van der Waals surface area contributed by atoms with Gasteiger partial charge in [0.25, 0.3) is 0 Å². The third-order valence-corrected chi connectivity index (χ3v) is 3.39. The third kappa shape index (κ3) is 3.31. The fourth-order valence-electron chi connectivity index (χ4n) is 1.83. The second-order valence-electron chi connectivity index (χ2n) is 4.17. The summed E-state index contributed by atoms with van der Waals surface area (Å²) in [6, 6.07) is 5.64. The van der Waals surface area contributed by atoms with Crippen LogP contribution in [0.4, 0.5) is 5.69 Å². The van der Waals surface area contributed by atoms with Crippen molar-refractivity contribution in [2.75, 3.05) is 25.1 Å². The predicted molar refractivity (Wildman–Crippen MR) is 74.8 cm³/mol. The Bertz CT molecular complexity index is 419. The largest absolute Gasteiger partial charge is 0.389 e. The van der Waals surface area contributed by atoms with Gasteiger partial charge in [0.1, 0.15) is 4.99 Å². The topological polar surface area (TPSA) is 47.3 Å². The van der Waals surface area contributed by atoms with Crippen LogP contribution in [0.5, 0.6) is 0 Å². The van der Waals surface area contributed by atoms with Gasteiger partial charge in [-0.1, -0.05) is 23.8 Å². The molecule has 92 valence electrons. The third-order valence-electron chi connectivity index (χ3n) is 2.85. The fourth-order valence-corrected chi connectivity index (χ4v) is 2.35. The summed E-state index contributed by atoms with van der Waals surface area (Å²) >= 11 is 11.0. The summed E-state index contributed by atoms with van der Waals surface area (Å²) in [5, 5.41) is 3.93. The van der Waals surface area contributed by atoms with E-state index in [1.165, 1.54) is 0 Å². The Morgan fingerprint density at radius 1 is 1.59 bits per heavy atom. The van der Waals surface area contributed by atoms with Crippen LogP contribution in [0.25, 0.3) is 0 Å². The van der Waals surface area contributed by atoms with Crippen LogP contribution in [0.1, 0.15) is 12.0 Å². The van der Waals surface area contributed by atoms with Gasteiger partial charge in [-0.05, 0) is 24.6 Å². The van der Waals surface area contributed by atoms with Crippen LogP contribution >= 0.6 is 23.8 Å². The quantitative estimate of drug-likeness (QED) is 0.825. The first kappa shape index (κ1) is 12.6. The second kappa shape index (κ2) is 5.67. The van der Waals surface area contributed by atoms with Crippen LogP contribution < -0.4 is 11.1 Å². The lowest BCUT2D eigenvalue weighted by Crippen LogP contribution is -2.14. The Morgan fingerprint density at radius 3 is 3.00 bits per heavy atom. The number of nitrogens with two attached hydrogens (primary N) is 1. The van der Waals surface area contributed by atoms with Gasteiger partial charge in [-0.25, -0.2) is 0 Å². The first-order valence-electron chi connectivity index (χ1n) is 5.58. The van der Waals surface area contributed by atoms with E-state index in [-0.39, 0.29) is 0 Å². The van der Waals surface area contributed by atoms with E-state index in [2.05, 4.69) is 5.32 Å².